The van der Waals surface area contributed by atoms with Crippen LogP contribution in [-0.4, -0.2) is 53.2 Å². The molecule has 0 saturated heterocycles. The van der Waals surface area contributed by atoms with Crippen LogP contribution in [0, 0.1) is 11.6 Å². The molecule has 39 heavy (non-hydrogen) atoms. The molecular weight excluding hydrogens is 512 g/mol. The van der Waals surface area contributed by atoms with Gasteiger partial charge in [-0.1, -0.05) is 30.3 Å². The first-order valence-electron chi connectivity index (χ1n) is 12.0. The van der Waals surface area contributed by atoms with E-state index in [4.69, 9.17) is 10.5 Å². The van der Waals surface area contributed by atoms with Crippen molar-refractivity contribution in [2.45, 2.75) is 37.4 Å². The summed E-state index contributed by atoms with van der Waals surface area (Å²) < 4.78 is 31.5. The fraction of sp³-hybridized carbons (Fsp3) is 0.250. The van der Waals surface area contributed by atoms with E-state index < -0.39 is 47.5 Å². The second-order valence-corrected chi connectivity index (χ2v) is 8.94. The lowest BCUT2D eigenvalue weighted by atomic mass is 10.0. The second kappa shape index (κ2) is 13.3. The first-order valence-corrected chi connectivity index (χ1v) is 12.0. The van der Waals surface area contributed by atoms with Gasteiger partial charge in [0.2, 0.25) is 11.8 Å². The van der Waals surface area contributed by atoms with Gasteiger partial charge in [0.1, 0.15) is 23.7 Å². The molecule has 0 saturated carbocycles. The molecule has 2 amide bonds. The Morgan fingerprint density at radius 2 is 1.23 bits per heavy atom. The van der Waals surface area contributed by atoms with Crippen molar-refractivity contribution in [3.63, 3.8) is 0 Å². The minimum atomic E-state index is -1.21. The number of phenols is 2. The van der Waals surface area contributed by atoms with Crippen molar-refractivity contribution in [3.05, 3.63) is 95.1 Å². The normalized spacial score (nSPS) is 13.1. The van der Waals surface area contributed by atoms with E-state index in [1.807, 2.05) is 0 Å². The van der Waals surface area contributed by atoms with E-state index in [1.165, 1.54) is 66.7 Å². The highest BCUT2D eigenvalue weighted by Crippen LogP contribution is 2.25. The van der Waals surface area contributed by atoms with Gasteiger partial charge in [-0.3, -0.25) is 9.59 Å². The second-order valence-electron chi connectivity index (χ2n) is 8.94. The molecule has 0 aliphatic heterocycles. The molecule has 0 heterocycles. The predicted octanol–water partition coefficient (Wildman–Crippen LogP) is 1.87. The summed E-state index contributed by atoms with van der Waals surface area (Å²) in [7, 11) is 1.16. The van der Waals surface area contributed by atoms with Gasteiger partial charge in [-0.15, -0.1) is 0 Å². The molecule has 0 aromatic heterocycles. The Labute approximate surface area is 223 Å². The van der Waals surface area contributed by atoms with Crippen LogP contribution >= 0.6 is 0 Å². The van der Waals surface area contributed by atoms with Crippen LogP contribution in [0.25, 0.3) is 0 Å². The number of hydrogen-bond acceptors (Lipinski definition) is 7. The lowest BCUT2D eigenvalue weighted by Gasteiger charge is -2.24. The summed E-state index contributed by atoms with van der Waals surface area (Å²) in [6.45, 7) is 0. The molecular formula is C28H29F2N3O6. The number of halogens is 2. The van der Waals surface area contributed by atoms with Crippen LogP contribution in [0.2, 0.25) is 0 Å². The third-order valence-corrected chi connectivity index (χ3v) is 5.97. The summed E-state index contributed by atoms with van der Waals surface area (Å²) in [6.07, 6.45) is -0.0608. The van der Waals surface area contributed by atoms with Crippen LogP contribution in [0.3, 0.4) is 0 Å². The Hall–Kier alpha value is -4.51. The SMILES string of the molecule is COC(=O)[C@H](Cc1ccc(F)cc1)NC(=O)[C@@H](Cc1ccc(F)cc1)NC(=O)[C@@H](N)Cc1ccc(O)c(O)c1. The highest BCUT2D eigenvalue weighted by Gasteiger charge is 2.29. The van der Waals surface area contributed by atoms with Gasteiger partial charge in [-0.2, -0.15) is 0 Å². The Bertz CT molecular complexity index is 1300. The van der Waals surface area contributed by atoms with Gasteiger partial charge >= 0.3 is 5.97 Å². The Morgan fingerprint density at radius 3 is 1.74 bits per heavy atom. The fourth-order valence-electron chi connectivity index (χ4n) is 3.85. The number of ether oxygens (including phenoxy) is 1. The number of phenolic OH excluding ortho intramolecular Hbond substituents is 2. The number of hydrogen-bond donors (Lipinski definition) is 5. The summed E-state index contributed by atoms with van der Waals surface area (Å²) >= 11 is 0. The van der Waals surface area contributed by atoms with Crippen molar-refractivity contribution in [3.8, 4) is 11.5 Å². The fourth-order valence-corrected chi connectivity index (χ4v) is 3.85. The molecule has 0 fully saturated rings. The molecule has 3 atom stereocenters. The van der Waals surface area contributed by atoms with Gasteiger partial charge in [-0.05, 0) is 59.5 Å². The maximum Gasteiger partial charge on any atom is 0.328 e. The number of aromatic hydroxyl groups is 2. The lowest BCUT2D eigenvalue weighted by Crippen LogP contribution is -2.56. The third-order valence-electron chi connectivity index (χ3n) is 5.97. The zero-order valence-corrected chi connectivity index (χ0v) is 21.1. The molecule has 3 aromatic rings. The zero-order valence-electron chi connectivity index (χ0n) is 21.1. The van der Waals surface area contributed by atoms with Gasteiger partial charge in [0.25, 0.3) is 0 Å². The van der Waals surface area contributed by atoms with Gasteiger partial charge in [0.05, 0.1) is 13.2 Å². The smallest absolute Gasteiger partial charge is 0.328 e. The predicted molar refractivity (Wildman–Crippen MR) is 138 cm³/mol. The van der Waals surface area contributed by atoms with Crippen molar-refractivity contribution in [1.82, 2.24) is 10.6 Å². The summed E-state index contributed by atoms with van der Waals surface area (Å²) in [4.78, 5) is 38.7. The maximum absolute atomic E-state index is 13.4. The van der Waals surface area contributed by atoms with E-state index in [2.05, 4.69) is 10.6 Å². The quantitative estimate of drug-likeness (QED) is 0.184. The van der Waals surface area contributed by atoms with Crippen molar-refractivity contribution in [1.29, 1.82) is 0 Å². The molecule has 0 aliphatic carbocycles. The van der Waals surface area contributed by atoms with Crippen molar-refractivity contribution >= 4 is 17.8 Å². The van der Waals surface area contributed by atoms with Gasteiger partial charge in [-0.25, -0.2) is 13.6 Å². The van der Waals surface area contributed by atoms with Gasteiger partial charge in [0, 0.05) is 12.8 Å². The van der Waals surface area contributed by atoms with E-state index in [1.54, 1.807) is 0 Å². The van der Waals surface area contributed by atoms with Gasteiger partial charge < -0.3 is 31.3 Å². The van der Waals surface area contributed by atoms with Crippen molar-refractivity contribution in [2.75, 3.05) is 7.11 Å². The number of methoxy groups -OCH3 is 1. The van der Waals surface area contributed by atoms with Crippen LogP contribution in [0.1, 0.15) is 16.7 Å². The van der Waals surface area contributed by atoms with Crippen LogP contribution < -0.4 is 16.4 Å². The molecule has 206 valence electrons. The van der Waals surface area contributed by atoms with E-state index in [-0.39, 0.29) is 30.8 Å². The first kappa shape index (κ1) is 29.1. The van der Waals surface area contributed by atoms with E-state index in [9.17, 15) is 33.4 Å². The molecule has 6 N–H and O–H groups in total. The maximum atomic E-state index is 13.4. The largest absolute Gasteiger partial charge is 0.504 e. The summed E-state index contributed by atoms with van der Waals surface area (Å²) in [6, 6.07) is 11.2. The monoisotopic (exact) mass is 541 g/mol. The van der Waals surface area contributed by atoms with E-state index in [0.29, 0.717) is 16.7 Å². The number of esters is 1. The molecule has 0 aliphatic rings. The van der Waals surface area contributed by atoms with Crippen LogP contribution in [-0.2, 0) is 38.4 Å². The number of nitrogens with two attached hydrogens (primary N) is 1. The summed E-state index contributed by atoms with van der Waals surface area (Å²) in [5.74, 6) is -3.80. The number of carbonyl (C=O) groups is 3. The highest BCUT2D eigenvalue weighted by atomic mass is 19.1. The Kier molecular flexibility index (Phi) is 9.93. The summed E-state index contributed by atoms with van der Waals surface area (Å²) in [5, 5.41) is 24.3. The number of benzene rings is 3. The average molecular weight is 542 g/mol. The summed E-state index contributed by atoms with van der Waals surface area (Å²) in [5.41, 5.74) is 7.60. The Balaban J connectivity index is 1.78. The molecule has 3 aromatic carbocycles. The number of rotatable bonds is 11. The average Bonchev–Trinajstić information content (AvgIpc) is 2.91. The highest BCUT2D eigenvalue weighted by molar-refractivity contribution is 5.92. The van der Waals surface area contributed by atoms with Crippen LogP contribution in [0.5, 0.6) is 11.5 Å². The van der Waals surface area contributed by atoms with Crippen molar-refractivity contribution < 1.29 is 38.1 Å². The number of nitrogens with one attached hydrogen (secondary N) is 2. The third kappa shape index (κ3) is 8.50. The molecule has 0 unspecified atom stereocenters. The Morgan fingerprint density at radius 1 is 0.744 bits per heavy atom. The van der Waals surface area contributed by atoms with E-state index in [0.717, 1.165) is 7.11 Å². The zero-order chi connectivity index (χ0) is 28.5. The minimum absolute atomic E-state index is 0.000231. The molecule has 9 nitrogen and oxygen atoms in total. The number of carbonyl (C=O) groups excluding carboxylic acids is 3. The topological polar surface area (TPSA) is 151 Å². The standard InChI is InChI=1S/C28H29F2N3O6/c1-39-28(38)23(14-17-4-9-20(30)10-5-17)33-27(37)22(13-16-2-7-19(29)8-3-16)32-26(36)21(31)12-18-6-11-24(34)25(35)15-18/h2-11,15,21-23,34-35H,12-14,31H2,1H3,(H,32,36)(H,33,37)/t21-,22+,23-/m0/s1. The number of amides is 2. The van der Waals surface area contributed by atoms with Gasteiger partial charge in [0.15, 0.2) is 11.5 Å². The molecule has 0 spiro atoms. The van der Waals surface area contributed by atoms with E-state index >= 15 is 0 Å². The van der Waals surface area contributed by atoms with Crippen LogP contribution in [0.15, 0.2) is 66.7 Å². The van der Waals surface area contributed by atoms with Crippen LogP contribution in [0.4, 0.5) is 8.78 Å². The van der Waals surface area contributed by atoms with Crippen molar-refractivity contribution in [2.24, 2.45) is 5.73 Å². The minimum Gasteiger partial charge on any atom is -0.504 e. The molecule has 3 rings (SSSR count). The molecule has 0 radical (unpaired) electrons. The first-order chi connectivity index (χ1) is 18.5. The molecule has 11 heteroatoms. The lowest BCUT2D eigenvalue weighted by molar-refractivity contribution is -0.145. The molecule has 0 bridgehead atoms.